The van der Waals surface area contributed by atoms with Crippen molar-refractivity contribution in [3.63, 3.8) is 0 Å². The van der Waals surface area contributed by atoms with Crippen LogP contribution >= 0.6 is 0 Å². The summed E-state index contributed by atoms with van der Waals surface area (Å²) in [5.41, 5.74) is 11.5. The summed E-state index contributed by atoms with van der Waals surface area (Å²) in [6, 6.07) is 65.6. The van der Waals surface area contributed by atoms with Gasteiger partial charge in [-0.1, -0.05) is 121 Å². The molecule has 0 radical (unpaired) electrons. The van der Waals surface area contributed by atoms with Crippen LogP contribution in [0.4, 0.5) is 0 Å². The van der Waals surface area contributed by atoms with Gasteiger partial charge >= 0.3 is 0 Å². The quantitative estimate of drug-likeness (QED) is 0.184. The van der Waals surface area contributed by atoms with Gasteiger partial charge in [-0.05, 0) is 137 Å². The van der Waals surface area contributed by atoms with Crippen molar-refractivity contribution in [1.29, 1.82) is 0 Å². The summed E-state index contributed by atoms with van der Waals surface area (Å²) in [7, 11) is 0. The molecule has 0 aromatic heterocycles. The van der Waals surface area contributed by atoms with Crippen LogP contribution in [0.5, 0.6) is 23.0 Å². The molecule has 0 saturated carbocycles. The van der Waals surface area contributed by atoms with E-state index in [0.29, 0.717) is 0 Å². The zero-order chi connectivity index (χ0) is 35.3. The van der Waals surface area contributed by atoms with Crippen LogP contribution in [0.25, 0.3) is 98.7 Å². The smallest absolute Gasteiger partial charge is 0.136 e. The minimum absolute atomic E-state index is 0.872. The predicted molar refractivity (Wildman–Crippen MR) is 224 cm³/mol. The summed E-state index contributed by atoms with van der Waals surface area (Å²) < 4.78 is 13.4. The van der Waals surface area contributed by atoms with Crippen molar-refractivity contribution in [2.24, 2.45) is 0 Å². The van der Waals surface area contributed by atoms with Crippen molar-refractivity contribution < 1.29 is 9.47 Å². The van der Waals surface area contributed by atoms with E-state index in [1.54, 1.807) is 0 Å². The molecule has 0 N–H and O–H groups in total. The average Bonchev–Trinajstić information content (AvgIpc) is 3.23. The van der Waals surface area contributed by atoms with Gasteiger partial charge in [0.15, 0.2) is 0 Å². The van der Waals surface area contributed by atoms with Crippen LogP contribution in [0.2, 0.25) is 0 Å². The first-order valence-electron chi connectivity index (χ1n) is 18.5. The molecule has 0 spiro atoms. The van der Waals surface area contributed by atoms with Gasteiger partial charge in [-0.3, -0.25) is 0 Å². The molecule has 2 heteroatoms. The Labute approximate surface area is 312 Å². The summed E-state index contributed by atoms with van der Waals surface area (Å²) in [5, 5.41) is 9.59. The fraction of sp³-hybridized carbons (Fsp3) is 0. The van der Waals surface area contributed by atoms with Crippen molar-refractivity contribution in [3.05, 3.63) is 182 Å². The monoisotopic (exact) mass is 686 g/mol. The minimum atomic E-state index is 0.872. The summed E-state index contributed by atoms with van der Waals surface area (Å²) in [4.78, 5) is 0. The van der Waals surface area contributed by atoms with E-state index >= 15 is 0 Å². The Morgan fingerprint density at radius 1 is 0.222 bits per heavy atom. The molecule has 2 heterocycles. The molecular weight excluding hydrogens is 657 g/mol. The van der Waals surface area contributed by atoms with Crippen molar-refractivity contribution in [2.75, 3.05) is 0 Å². The molecule has 0 bridgehead atoms. The second-order valence-corrected chi connectivity index (χ2v) is 14.5. The van der Waals surface area contributed by atoms with Crippen molar-refractivity contribution in [3.8, 4) is 78.6 Å². The van der Waals surface area contributed by atoms with Crippen LogP contribution in [0.3, 0.4) is 0 Å². The number of rotatable bonds is 3. The number of hydrogen-bond donors (Lipinski definition) is 0. The number of hydrogen-bond acceptors (Lipinski definition) is 2. The van der Waals surface area contributed by atoms with Crippen LogP contribution in [-0.2, 0) is 0 Å². The predicted octanol–water partition coefficient (Wildman–Crippen LogP) is 14.8. The number of fused-ring (bicyclic) bond motifs is 6. The van der Waals surface area contributed by atoms with Crippen molar-refractivity contribution in [2.45, 2.75) is 0 Å². The van der Waals surface area contributed by atoms with Gasteiger partial charge in [0.25, 0.3) is 0 Å². The van der Waals surface area contributed by atoms with Gasteiger partial charge in [0.05, 0.1) is 0 Å². The van der Waals surface area contributed by atoms with Gasteiger partial charge in [-0.25, -0.2) is 0 Å². The lowest BCUT2D eigenvalue weighted by Gasteiger charge is -2.24. The fourth-order valence-corrected chi connectivity index (χ4v) is 8.71. The van der Waals surface area contributed by atoms with E-state index in [-0.39, 0.29) is 0 Å². The molecule has 0 aliphatic carbocycles. The molecule has 0 saturated heterocycles. The highest BCUT2D eigenvalue weighted by molar-refractivity contribution is 6.08. The average molecular weight is 687 g/mol. The van der Waals surface area contributed by atoms with Crippen LogP contribution in [0.1, 0.15) is 0 Å². The normalized spacial score (nSPS) is 12.4. The standard InChI is InChI=1S/C52H30O2/c1-3-9-33-23-35(17-15-31(33)7-1)41-25-39-11-5-13-43-45-27-37(19-21-47(45)53-49(29-41)51(39)43)38-20-22-48-46(28-38)44-14-6-12-40-26-42(30-50(54-48)52(40)44)36-18-16-32-8-2-4-10-34(32)24-36/h1-30H. The molecule has 2 nitrogen and oxygen atoms in total. The van der Waals surface area contributed by atoms with E-state index in [4.69, 9.17) is 9.47 Å². The maximum absolute atomic E-state index is 6.70. The third-order valence-electron chi connectivity index (χ3n) is 11.4. The topological polar surface area (TPSA) is 18.5 Å². The highest BCUT2D eigenvalue weighted by Gasteiger charge is 2.24. The summed E-state index contributed by atoms with van der Waals surface area (Å²) in [6.07, 6.45) is 0. The lowest BCUT2D eigenvalue weighted by molar-refractivity contribution is 0.487. The van der Waals surface area contributed by atoms with E-state index in [1.165, 1.54) is 54.6 Å². The van der Waals surface area contributed by atoms with Crippen LogP contribution < -0.4 is 9.47 Å². The van der Waals surface area contributed by atoms with Gasteiger partial charge in [0.1, 0.15) is 23.0 Å². The maximum Gasteiger partial charge on any atom is 0.136 e. The van der Waals surface area contributed by atoms with Gasteiger partial charge in [-0.2, -0.15) is 0 Å². The highest BCUT2D eigenvalue weighted by atomic mass is 16.5. The third-order valence-corrected chi connectivity index (χ3v) is 11.4. The van der Waals surface area contributed by atoms with Crippen molar-refractivity contribution in [1.82, 2.24) is 0 Å². The van der Waals surface area contributed by atoms with Crippen LogP contribution in [0, 0.1) is 0 Å². The maximum atomic E-state index is 6.70. The first-order valence-corrected chi connectivity index (χ1v) is 18.5. The summed E-state index contributed by atoms with van der Waals surface area (Å²) >= 11 is 0. The van der Waals surface area contributed by atoms with Gasteiger partial charge in [0.2, 0.25) is 0 Å². The van der Waals surface area contributed by atoms with E-state index in [0.717, 1.165) is 67.2 Å². The number of benzene rings is 10. The fourth-order valence-electron chi connectivity index (χ4n) is 8.71. The molecule has 12 rings (SSSR count). The Morgan fingerprint density at radius 2 is 0.611 bits per heavy atom. The largest absolute Gasteiger partial charge is 0.456 e. The molecule has 2 aliphatic heterocycles. The Hall–Kier alpha value is -7.16. The van der Waals surface area contributed by atoms with Crippen LogP contribution in [0.15, 0.2) is 182 Å². The minimum Gasteiger partial charge on any atom is -0.456 e. The molecule has 0 amide bonds. The lowest BCUT2D eigenvalue weighted by Crippen LogP contribution is -1.99. The number of ether oxygens (including phenoxy) is 2. The molecule has 0 fully saturated rings. The zero-order valence-electron chi connectivity index (χ0n) is 29.1. The zero-order valence-corrected chi connectivity index (χ0v) is 29.1. The van der Waals surface area contributed by atoms with Crippen molar-refractivity contribution >= 4 is 43.1 Å². The molecule has 10 aromatic carbocycles. The van der Waals surface area contributed by atoms with E-state index in [9.17, 15) is 0 Å². The molecule has 54 heavy (non-hydrogen) atoms. The molecule has 10 aromatic rings. The lowest BCUT2D eigenvalue weighted by atomic mass is 9.88. The van der Waals surface area contributed by atoms with Gasteiger partial charge in [0, 0.05) is 21.9 Å². The highest BCUT2D eigenvalue weighted by Crippen LogP contribution is 2.51. The third kappa shape index (κ3) is 4.47. The molecule has 0 atom stereocenters. The SMILES string of the molecule is c1ccc2cc(-c3cc4c5c(cccc5c3)-c3cc(-c5ccc6c(c5)-c5cccc7cc(-c8ccc9ccccc9c8)cc(c57)O6)ccc3O4)ccc2c1. The first-order chi connectivity index (χ1) is 26.7. The Morgan fingerprint density at radius 3 is 1.09 bits per heavy atom. The van der Waals surface area contributed by atoms with E-state index < -0.39 is 0 Å². The second-order valence-electron chi connectivity index (χ2n) is 14.5. The molecule has 2 aliphatic rings. The summed E-state index contributed by atoms with van der Waals surface area (Å²) in [6.45, 7) is 0. The first kappa shape index (κ1) is 29.4. The second kappa shape index (κ2) is 11.2. The van der Waals surface area contributed by atoms with Gasteiger partial charge in [-0.15, -0.1) is 0 Å². The molecule has 0 unspecified atom stereocenters. The Balaban J connectivity index is 0.930. The Bertz CT molecular complexity index is 3010. The molecular formula is C52H30O2. The van der Waals surface area contributed by atoms with E-state index in [2.05, 4.69) is 182 Å². The van der Waals surface area contributed by atoms with Crippen LogP contribution in [-0.4, -0.2) is 0 Å². The van der Waals surface area contributed by atoms with Gasteiger partial charge < -0.3 is 9.47 Å². The van der Waals surface area contributed by atoms with E-state index in [1.807, 2.05) is 0 Å². The summed E-state index contributed by atoms with van der Waals surface area (Å²) in [5.74, 6) is 3.54. The Kier molecular flexibility index (Phi) is 6.09. The molecule has 250 valence electrons.